The Morgan fingerprint density at radius 2 is 1.80 bits per heavy atom. The van der Waals surface area contributed by atoms with Gasteiger partial charge < -0.3 is 15.7 Å². The number of hydrogen-bond acceptors (Lipinski definition) is 2. The van der Waals surface area contributed by atoms with E-state index in [4.69, 9.17) is 5.11 Å². The minimum atomic E-state index is -0.754. The molecule has 0 aromatic rings. The van der Waals surface area contributed by atoms with Crippen molar-refractivity contribution in [2.24, 2.45) is 5.92 Å². The van der Waals surface area contributed by atoms with Crippen LogP contribution in [0.4, 0.5) is 4.79 Å². The molecule has 1 atom stereocenters. The fourth-order valence-electron chi connectivity index (χ4n) is 2.61. The van der Waals surface area contributed by atoms with E-state index in [1.807, 2.05) is 6.92 Å². The highest BCUT2D eigenvalue weighted by Gasteiger charge is 2.14. The van der Waals surface area contributed by atoms with Crippen molar-refractivity contribution in [3.05, 3.63) is 0 Å². The van der Waals surface area contributed by atoms with Gasteiger partial charge in [-0.3, -0.25) is 4.79 Å². The van der Waals surface area contributed by atoms with E-state index in [-0.39, 0.29) is 12.5 Å². The van der Waals surface area contributed by atoms with E-state index >= 15 is 0 Å². The molecule has 116 valence electrons. The van der Waals surface area contributed by atoms with Gasteiger partial charge in [-0.25, -0.2) is 4.79 Å². The van der Waals surface area contributed by atoms with Crippen molar-refractivity contribution in [3.8, 4) is 0 Å². The standard InChI is InChI=1S/C15H28N2O3/c1-12(8-9-14(18)19)10-11-16-15(20)17-13-6-4-2-3-5-7-13/h12-13H,2-11H2,1H3,(H,18,19)(H2,16,17,20). The molecule has 1 rings (SSSR count). The molecule has 0 spiro atoms. The summed E-state index contributed by atoms with van der Waals surface area (Å²) in [5.74, 6) is -0.430. The second kappa shape index (κ2) is 9.61. The van der Waals surface area contributed by atoms with Gasteiger partial charge in [0, 0.05) is 19.0 Å². The van der Waals surface area contributed by atoms with Crippen molar-refractivity contribution in [2.75, 3.05) is 6.54 Å². The monoisotopic (exact) mass is 284 g/mol. The van der Waals surface area contributed by atoms with Crippen molar-refractivity contribution in [2.45, 2.75) is 70.8 Å². The topological polar surface area (TPSA) is 78.4 Å². The summed E-state index contributed by atoms with van der Waals surface area (Å²) < 4.78 is 0. The summed E-state index contributed by atoms with van der Waals surface area (Å²) in [5, 5.41) is 14.5. The van der Waals surface area contributed by atoms with E-state index in [0.29, 0.717) is 24.9 Å². The van der Waals surface area contributed by atoms with Gasteiger partial charge in [-0.2, -0.15) is 0 Å². The van der Waals surface area contributed by atoms with Crippen LogP contribution in [0.15, 0.2) is 0 Å². The van der Waals surface area contributed by atoms with E-state index in [9.17, 15) is 9.59 Å². The molecule has 0 bridgehead atoms. The number of carboxylic acids is 1. The highest BCUT2D eigenvalue weighted by molar-refractivity contribution is 5.74. The maximum absolute atomic E-state index is 11.8. The number of urea groups is 1. The van der Waals surface area contributed by atoms with Gasteiger partial charge in [0.05, 0.1) is 0 Å². The fraction of sp³-hybridized carbons (Fsp3) is 0.867. The Morgan fingerprint density at radius 1 is 1.15 bits per heavy atom. The molecule has 0 radical (unpaired) electrons. The molecule has 5 heteroatoms. The molecule has 20 heavy (non-hydrogen) atoms. The maximum Gasteiger partial charge on any atom is 0.315 e. The number of hydrogen-bond donors (Lipinski definition) is 3. The van der Waals surface area contributed by atoms with Gasteiger partial charge >= 0.3 is 12.0 Å². The lowest BCUT2D eigenvalue weighted by molar-refractivity contribution is -0.137. The first-order valence-electron chi connectivity index (χ1n) is 7.84. The number of amides is 2. The largest absolute Gasteiger partial charge is 0.481 e. The summed E-state index contributed by atoms with van der Waals surface area (Å²) in [5.41, 5.74) is 0. The SMILES string of the molecule is CC(CCNC(=O)NC1CCCCCC1)CCC(=O)O. The second-order valence-electron chi connectivity index (χ2n) is 5.91. The van der Waals surface area contributed by atoms with Gasteiger partial charge in [-0.05, 0) is 31.6 Å². The Morgan fingerprint density at radius 3 is 2.40 bits per heavy atom. The molecular formula is C15H28N2O3. The lowest BCUT2D eigenvalue weighted by Crippen LogP contribution is -2.42. The van der Waals surface area contributed by atoms with E-state index < -0.39 is 5.97 Å². The normalized spacial score (nSPS) is 18.1. The average molecular weight is 284 g/mol. The first-order chi connectivity index (χ1) is 9.58. The van der Waals surface area contributed by atoms with Gasteiger partial charge in [0.1, 0.15) is 0 Å². The van der Waals surface area contributed by atoms with Crippen molar-refractivity contribution < 1.29 is 14.7 Å². The molecule has 5 nitrogen and oxygen atoms in total. The molecule has 1 aliphatic rings. The molecule has 0 aromatic heterocycles. The third-order valence-electron chi connectivity index (χ3n) is 3.96. The number of rotatable bonds is 7. The van der Waals surface area contributed by atoms with Gasteiger partial charge in [-0.1, -0.05) is 32.6 Å². The lowest BCUT2D eigenvalue weighted by Gasteiger charge is -2.17. The predicted octanol–water partition coefficient (Wildman–Crippen LogP) is 2.90. The molecule has 0 aliphatic heterocycles. The van der Waals surface area contributed by atoms with Crippen LogP contribution in [0.5, 0.6) is 0 Å². The minimum Gasteiger partial charge on any atom is -0.481 e. The molecule has 0 saturated heterocycles. The summed E-state index contributed by atoms with van der Waals surface area (Å²) in [6.07, 6.45) is 8.84. The number of aliphatic carboxylic acids is 1. The predicted molar refractivity (Wildman–Crippen MR) is 78.7 cm³/mol. The van der Waals surface area contributed by atoms with E-state index in [1.54, 1.807) is 0 Å². The fourth-order valence-corrected chi connectivity index (χ4v) is 2.61. The highest BCUT2D eigenvalue weighted by atomic mass is 16.4. The molecule has 1 aliphatic carbocycles. The Balaban J connectivity index is 2.08. The van der Waals surface area contributed by atoms with Crippen LogP contribution in [0.2, 0.25) is 0 Å². The van der Waals surface area contributed by atoms with Gasteiger partial charge in [0.15, 0.2) is 0 Å². The smallest absolute Gasteiger partial charge is 0.315 e. The van der Waals surface area contributed by atoms with Crippen molar-refractivity contribution in [1.82, 2.24) is 10.6 Å². The van der Waals surface area contributed by atoms with Crippen LogP contribution in [-0.2, 0) is 4.79 Å². The van der Waals surface area contributed by atoms with Crippen LogP contribution in [-0.4, -0.2) is 29.7 Å². The van der Waals surface area contributed by atoms with Crippen molar-refractivity contribution in [3.63, 3.8) is 0 Å². The van der Waals surface area contributed by atoms with Gasteiger partial charge in [-0.15, -0.1) is 0 Å². The lowest BCUT2D eigenvalue weighted by atomic mass is 10.0. The highest BCUT2D eigenvalue weighted by Crippen LogP contribution is 2.17. The minimum absolute atomic E-state index is 0.0812. The van der Waals surface area contributed by atoms with Crippen LogP contribution in [0.1, 0.15) is 64.7 Å². The zero-order chi connectivity index (χ0) is 14.8. The zero-order valence-corrected chi connectivity index (χ0v) is 12.5. The van der Waals surface area contributed by atoms with Gasteiger partial charge in [0.25, 0.3) is 0 Å². The third-order valence-corrected chi connectivity index (χ3v) is 3.96. The molecule has 1 fully saturated rings. The third kappa shape index (κ3) is 8.02. The maximum atomic E-state index is 11.8. The summed E-state index contributed by atoms with van der Waals surface area (Å²) in [6.45, 7) is 2.63. The van der Waals surface area contributed by atoms with E-state index in [1.165, 1.54) is 25.7 Å². The average Bonchev–Trinajstić information content (AvgIpc) is 2.65. The summed E-state index contributed by atoms with van der Waals surface area (Å²) in [7, 11) is 0. The van der Waals surface area contributed by atoms with Crippen molar-refractivity contribution in [1.29, 1.82) is 0 Å². The Labute approximate surface area is 121 Å². The molecule has 0 aromatic carbocycles. The Bertz CT molecular complexity index is 299. The van der Waals surface area contributed by atoms with Crippen LogP contribution in [0.25, 0.3) is 0 Å². The quantitative estimate of drug-likeness (QED) is 0.629. The van der Waals surface area contributed by atoms with Gasteiger partial charge in [0.2, 0.25) is 0 Å². The summed E-state index contributed by atoms with van der Waals surface area (Å²) in [6, 6.07) is 0.240. The first kappa shape index (κ1) is 16.8. The number of carbonyl (C=O) groups excluding carboxylic acids is 1. The van der Waals surface area contributed by atoms with E-state index in [2.05, 4.69) is 10.6 Å². The number of carbonyl (C=O) groups is 2. The summed E-state index contributed by atoms with van der Waals surface area (Å²) in [4.78, 5) is 22.2. The number of nitrogens with one attached hydrogen (secondary N) is 2. The first-order valence-corrected chi connectivity index (χ1v) is 7.84. The van der Waals surface area contributed by atoms with Crippen LogP contribution < -0.4 is 10.6 Å². The van der Waals surface area contributed by atoms with Crippen LogP contribution in [0.3, 0.4) is 0 Å². The van der Waals surface area contributed by atoms with Crippen LogP contribution in [0, 0.1) is 5.92 Å². The molecule has 2 amide bonds. The molecule has 0 heterocycles. The Kier molecular flexibility index (Phi) is 8.07. The molecule has 1 unspecified atom stereocenters. The second-order valence-corrected chi connectivity index (χ2v) is 5.91. The molecule has 1 saturated carbocycles. The van der Waals surface area contributed by atoms with Crippen molar-refractivity contribution >= 4 is 12.0 Å². The Hall–Kier alpha value is -1.26. The number of carboxylic acid groups (broad SMARTS) is 1. The summed E-state index contributed by atoms with van der Waals surface area (Å²) >= 11 is 0. The van der Waals surface area contributed by atoms with Crippen LogP contribution >= 0.6 is 0 Å². The molecule has 3 N–H and O–H groups in total. The van der Waals surface area contributed by atoms with E-state index in [0.717, 1.165) is 19.3 Å². The molecular weight excluding hydrogens is 256 g/mol. The zero-order valence-electron chi connectivity index (χ0n) is 12.5.